The van der Waals surface area contributed by atoms with Crippen LogP contribution in [-0.4, -0.2) is 16.7 Å². The van der Waals surface area contributed by atoms with Crippen LogP contribution in [0.1, 0.15) is 23.8 Å². The van der Waals surface area contributed by atoms with Gasteiger partial charge in [0, 0.05) is 10.9 Å². The molecule has 0 unspecified atom stereocenters. The van der Waals surface area contributed by atoms with Crippen LogP contribution in [-0.2, 0) is 12.8 Å². The van der Waals surface area contributed by atoms with Crippen LogP contribution in [0.2, 0.25) is 0 Å². The highest BCUT2D eigenvalue weighted by Crippen LogP contribution is 2.15. The normalized spacial score (nSPS) is 10.7. The van der Waals surface area contributed by atoms with Gasteiger partial charge in [-0.25, -0.2) is 0 Å². The van der Waals surface area contributed by atoms with Gasteiger partial charge in [-0.2, -0.15) is 0 Å². The fourth-order valence-corrected chi connectivity index (χ4v) is 1.98. The van der Waals surface area contributed by atoms with Crippen LogP contribution < -0.4 is 5.73 Å². The second-order valence-electron chi connectivity index (χ2n) is 3.79. The third-order valence-corrected chi connectivity index (χ3v) is 2.84. The summed E-state index contributed by atoms with van der Waals surface area (Å²) in [6, 6.07) is 8.06. The van der Waals surface area contributed by atoms with Gasteiger partial charge in [-0.3, -0.25) is 0 Å². The third kappa shape index (κ3) is 3.64. The summed E-state index contributed by atoms with van der Waals surface area (Å²) in [5.41, 5.74) is 6.57. The topological polar surface area (TPSA) is 64.9 Å². The minimum atomic E-state index is 0.642. The first-order chi connectivity index (χ1) is 8.28. The van der Waals surface area contributed by atoms with Gasteiger partial charge in [0.05, 0.1) is 6.42 Å². The lowest BCUT2D eigenvalue weighted by Crippen LogP contribution is -2.00. The summed E-state index contributed by atoms with van der Waals surface area (Å²) < 4.78 is 6.59. The molecule has 1 aromatic carbocycles. The summed E-state index contributed by atoms with van der Waals surface area (Å²) in [7, 11) is 0. The van der Waals surface area contributed by atoms with Gasteiger partial charge in [0.2, 0.25) is 11.8 Å². The molecule has 90 valence electrons. The molecule has 0 radical (unpaired) electrons. The number of halogens is 1. The zero-order valence-corrected chi connectivity index (χ0v) is 11.0. The Hall–Kier alpha value is -1.20. The average Bonchev–Trinajstić information content (AvgIpc) is 2.74. The zero-order chi connectivity index (χ0) is 12.1. The molecule has 4 nitrogen and oxygen atoms in total. The molecular formula is C12H14BrN3O. The van der Waals surface area contributed by atoms with E-state index in [4.69, 9.17) is 10.2 Å². The Kier molecular flexibility index (Phi) is 4.28. The largest absolute Gasteiger partial charge is 0.425 e. The molecule has 0 aliphatic heterocycles. The Bertz CT molecular complexity index is 484. The van der Waals surface area contributed by atoms with E-state index in [1.54, 1.807) is 0 Å². The highest BCUT2D eigenvalue weighted by atomic mass is 79.9. The Morgan fingerprint density at radius 3 is 2.82 bits per heavy atom. The number of aryl methyl sites for hydroxylation is 1. The number of rotatable bonds is 5. The molecule has 0 saturated carbocycles. The van der Waals surface area contributed by atoms with Crippen molar-refractivity contribution in [1.29, 1.82) is 0 Å². The molecule has 0 aliphatic rings. The summed E-state index contributed by atoms with van der Waals surface area (Å²) >= 11 is 3.43. The van der Waals surface area contributed by atoms with Crippen molar-refractivity contribution in [3.05, 3.63) is 46.1 Å². The van der Waals surface area contributed by atoms with Crippen LogP contribution in [0.25, 0.3) is 0 Å². The minimum absolute atomic E-state index is 0.642. The lowest BCUT2D eigenvalue weighted by molar-refractivity contribution is 0.453. The molecule has 0 amide bonds. The molecule has 0 aliphatic carbocycles. The van der Waals surface area contributed by atoms with Gasteiger partial charge in [0.1, 0.15) is 0 Å². The van der Waals surface area contributed by atoms with Crippen molar-refractivity contribution >= 4 is 15.9 Å². The fraction of sp³-hybridized carbons (Fsp3) is 0.333. The first-order valence-corrected chi connectivity index (χ1v) is 6.33. The quantitative estimate of drug-likeness (QED) is 0.919. The molecule has 1 aromatic heterocycles. The highest BCUT2D eigenvalue weighted by Gasteiger charge is 2.06. The SMILES string of the molecule is NCCCc1nnc(Cc2cccc(Br)c2)o1. The Morgan fingerprint density at radius 1 is 1.24 bits per heavy atom. The summed E-state index contributed by atoms with van der Waals surface area (Å²) in [5.74, 6) is 1.32. The second-order valence-corrected chi connectivity index (χ2v) is 4.70. The maximum absolute atomic E-state index is 5.54. The van der Waals surface area contributed by atoms with E-state index in [0.717, 1.165) is 22.9 Å². The van der Waals surface area contributed by atoms with Crippen molar-refractivity contribution in [2.75, 3.05) is 6.54 Å². The van der Waals surface area contributed by atoms with Gasteiger partial charge in [0.25, 0.3) is 0 Å². The van der Waals surface area contributed by atoms with E-state index >= 15 is 0 Å². The lowest BCUT2D eigenvalue weighted by atomic mass is 10.1. The van der Waals surface area contributed by atoms with Crippen molar-refractivity contribution in [2.24, 2.45) is 5.73 Å². The number of benzene rings is 1. The van der Waals surface area contributed by atoms with Gasteiger partial charge in [0.15, 0.2) is 0 Å². The first kappa shape index (κ1) is 12.3. The maximum atomic E-state index is 5.54. The Morgan fingerprint density at radius 2 is 2.06 bits per heavy atom. The molecule has 0 atom stereocenters. The molecule has 2 rings (SSSR count). The highest BCUT2D eigenvalue weighted by molar-refractivity contribution is 9.10. The first-order valence-electron chi connectivity index (χ1n) is 5.53. The van der Waals surface area contributed by atoms with Crippen molar-refractivity contribution in [3.63, 3.8) is 0 Å². The van der Waals surface area contributed by atoms with Crippen LogP contribution in [0.4, 0.5) is 0 Å². The number of nitrogens with zero attached hydrogens (tertiary/aromatic N) is 2. The molecule has 1 heterocycles. The third-order valence-electron chi connectivity index (χ3n) is 2.35. The second kappa shape index (κ2) is 5.93. The summed E-state index contributed by atoms with van der Waals surface area (Å²) in [6.07, 6.45) is 2.29. The van der Waals surface area contributed by atoms with Crippen molar-refractivity contribution in [2.45, 2.75) is 19.3 Å². The molecule has 5 heteroatoms. The van der Waals surface area contributed by atoms with Crippen molar-refractivity contribution in [1.82, 2.24) is 10.2 Å². The van der Waals surface area contributed by atoms with Crippen LogP contribution in [0.3, 0.4) is 0 Å². The summed E-state index contributed by atoms with van der Waals surface area (Å²) in [4.78, 5) is 0. The Labute approximate surface area is 108 Å². The predicted octanol–water partition coefficient (Wildman–Crippen LogP) is 2.31. The monoisotopic (exact) mass is 295 g/mol. The Balaban J connectivity index is 2.01. The maximum Gasteiger partial charge on any atom is 0.220 e. The average molecular weight is 296 g/mol. The number of hydrogen-bond donors (Lipinski definition) is 1. The van der Waals surface area contributed by atoms with E-state index in [2.05, 4.69) is 26.1 Å². The molecule has 17 heavy (non-hydrogen) atoms. The summed E-state index contributed by atoms with van der Waals surface area (Å²) in [6.45, 7) is 0.642. The van der Waals surface area contributed by atoms with Gasteiger partial charge in [-0.1, -0.05) is 28.1 Å². The molecule has 2 aromatic rings. The molecule has 2 N–H and O–H groups in total. The van der Waals surface area contributed by atoms with E-state index in [9.17, 15) is 0 Å². The van der Waals surface area contributed by atoms with Gasteiger partial charge < -0.3 is 10.2 Å². The fourth-order valence-electron chi connectivity index (χ4n) is 1.54. The van der Waals surface area contributed by atoms with E-state index in [0.29, 0.717) is 24.7 Å². The van der Waals surface area contributed by atoms with E-state index in [1.807, 2.05) is 24.3 Å². The predicted molar refractivity (Wildman–Crippen MR) is 68.6 cm³/mol. The summed E-state index contributed by atoms with van der Waals surface area (Å²) in [5, 5.41) is 8.01. The number of aromatic nitrogens is 2. The molecule has 0 saturated heterocycles. The standard InChI is InChI=1S/C12H14BrN3O/c13-10-4-1-3-9(7-10)8-12-16-15-11(17-12)5-2-6-14/h1,3-4,7H,2,5-6,8,14H2. The van der Waals surface area contributed by atoms with Crippen LogP contribution in [0.15, 0.2) is 33.2 Å². The zero-order valence-electron chi connectivity index (χ0n) is 9.40. The van der Waals surface area contributed by atoms with E-state index < -0.39 is 0 Å². The lowest BCUT2D eigenvalue weighted by Gasteiger charge is -1.97. The molecule has 0 spiro atoms. The molecule has 0 fully saturated rings. The van der Waals surface area contributed by atoms with Crippen LogP contribution >= 0.6 is 15.9 Å². The molecular weight excluding hydrogens is 282 g/mol. The van der Waals surface area contributed by atoms with Gasteiger partial charge in [-0.15, -0.1) is 10.2 Å². The van der Waals surface area contributed by atoms with Gasteiger partial charge >= 0.3 is 0 Å². The van der Waals surface area contributed by atoms with Crippen molar-refractivity contribution < 1.29 is 4.42 Å². The number of nitrogens with two attached hydrogens (primary N) is 1. The van der Waals surface area contributed by atoms with E-state index in [1.165, 1.54) is 0 Å². The van der Waals surface area contributed by atoms with Crippen LogP contribution in [0.5, 0.6) is 0 Å². The molecule has 0 bridgehead atoms. The smallest absolute Gasteiger partial charge is 0.220 e. The minimum Gasteiger partial charge on any atom is -0.425 e. The van der Waals surface area contributed by atoms with Crippen LogP contribution in [0, 0.1) is 0 Å². The van der Waals surface area contributed by atoms with Gasteiger partial charge in [-0.05, 0) is 30.7 Å². The van der Waals surface area contributed by atoms with Crippen molar-refractivity contribution in [3.8, 4) is 0 Å². The number of hydrogen-bond acceptors (Lipinski definition) is 4. The van der Waals surface area contributed by atoms with E-state index in [-0.39, 0.29) is 0 Å².